The lowest BCUT2D eigenvalue weighted by Crippen LogP contribution is -2.74. The van der Waals surface area contributed by atoms with Crippen molar-refractivity contribution in [3.8, 4) is 0 Å². The Morgan fingerprint density at radius 3 is 2.39 bits per heavy atom. The van der Waals surface area contributed by atoms with E-state index in [0.717, 1.165) is 82.0 Å². The zero-order valence-corrected chi connectivity index (χ0v) is 32.9. The van der Waals surface area contributed by atoms with Gasteiger partial charge in [-0.25, -0.2) is 0 Å². The van der Waals surface area contributed by atoms with Crippen LogP contribution < -0.4 is 11.1 Å². The molecule has 0 aromatic carbocycles. The van der Waals surface area contributed by atoms with Gasteiger partial charge >= 0.3 is 11.9 Å². The van der Waals surface area contributed by atoms with Gasteiger partial charge in [-0.3, -0.25) is 19.4 Å². The first-order valence-corrected chi connectivity index (χ1v) is 19.8. The van der Waals surface area contributed by atoms with Crippen LogP contribution in [0.3, 0.4) is 0 Å². The Kier molecular flexibility index (Phi) is 9.56. The molecule has 0 amide bonds. The molecule has 8 heteroatoms. The summed E-state index contributed by atoms with van der Waals surface area (Å²) in [5, 5.41) is 13.3. The number of carboxylic acids is 1. The first kappa shape index (κ1) is 38.2. The quantitative estimate of drug-likeness (QED) is 0.165. The van der Waals surface area contributed by atoms with E-state index in [4.69, 9.17) is 10.5 Å². The molecule has 4 saturated carbocycles. The number of carbonyl (C=O) groups is 3. The molecule has 0 aliphatic heterocycles. The summed E-state index contributed by atoms with van der Waals surface area (Å²) in [4.78, 5) is 43.1. The Labute approximate surface area is 306 Å². The number of nitrogens with one attached hydrogen (secondary N) is 1. The number of allylic oxidation sites excluding steroid dienone is 1. The van der Waals surface area contributed by atoms with Crippen LogP contribution in [0.1, 0.15) is 139 Å². The minimum absolute atomic E-state index is 0.0121. The molecule has 0 radical (unpaired) electrons. The van der Waals surface area contributed by atoms with Gasteiger partial charge in [0.05, 0.1) is 11.8 Å². The molecule has 5 aliphatic carbocycles. The first-order chi connectivity index (χ1) is 23.7. The Hall–Kier alpha value is -2.58. The number of nitrogens with two attached hydrogens (primary N) is 1. The molecule has 1 aromatic heterocycles. The highest BCUT2D eigenvalue weighted by Gasteiger charge is 2.73. The summed E-state index contributed by atoms with van der Waals surface area (Å²) in [5.41, 5.74) is 9.23. The fraction of sp³-hybridized carbons (Fsp3) is 0.767. The van der Waals surface area contributed by atoms with E-state index >= 15 is 0 Å². The number of hydrogen-bond acceptors (Lipinski definition) is 7. The summed E-state index contributed by atoms with van der Waals surface area (Å²) in [6.07, 6.45) is 12.6. The molecule has 6 rings (SSSR count). The predicted molar refractivity (Wildman–Crippen MR) is 199 cm³/mol. The minimum atomic E-state index is -1.16. The van der Waals surface area contributed by atoms with E-state index < -0.39 is 22.9 Å². The zero-order chi connectivity index (χ0) is 37.4. The van der Waals surface area contributed by atoms with Crippen LogP contribution >= 0.6 is 0 Å². The second kappa shape index (κ2) is 12.8. The van der Waals surface area contributed by atoms with Crippen LogP contribution in [-0.4, -0.2) is 46.0 Å². The highest BCUT2D eigenvalue weighted by atomic mass is 16.5. The normalized spacial score (nSPS) is 38.8. The summed E-state index contributed by atoms with van der Waals surface area (Å²) < 4.78 is 6.17. The van der Waals surface area contributed by atoms with Gasteiger partial charge in [0.2, 0.25) is 0 Å². The van der Waals surface area contributed by atoms with Gasteiger partial charge in [-0.05, 0) is 135 Å². The van der Waals surface area contributed by atoms with Gasteiger partial charge in [0, 0.05) is 41.7 Å². The van der Waals surface area contributed by atoms with Crippen LogP contribution in [0.2, 0.25) is 0 Å². The number of esters is 1. The smallest absolute Gasteiger partial charge is 0.309 e. The highest BCUT2D eigenvalue weighted by Crippen LogP contribution is 2.77. The summed E-state index contributed by atoms with van der Waals surface area (Å²) in [5.74, 6) is -0.130. The molecule has 51 heavy (non-hydrogen) atoms. The maximum atomic E-state index is 14.0. The number of fused-ring (bicyclic) bond motifs is 7. The Morgan fingerprint density at radius 1 is 1.04 bits per heavy atom. The molecule has 1 heterocycles. The lowest BCUT2D eigenvalue weighted by atomic mass is 9.31. The third-order valence-electron chi connectivity index (χ3n) is 16.1. The van der Waals surface area contributed by atoms with E-state index in [0.29, 0.717) is 24.0 Å². The maximum absolute atomic E-state index is 14.0. The first-order valence-electron chi connectivity index (χ1n) is 19.8. The standard InChI is InChI=1S/C43H65N3O5/c1-27(2)34-29(47)23-42(20-22-46-26-28-11-10-21-45-25-28)19-18-41(9)40(8)16-12-30-38(5,6)32(51-33(48)24-37(3,4)36(49)50)14-15-39(30,7)31(40)13-17-43(41,44)35(34)42/h10-11,21,25,27,30-32,46H,12-20,22-24,26,44H2,1-9H3,(H,49,50)/t30-,31+,32-,39-,40+,41-,42?,43-/m0/s1. The summed E-state index contributed by atoms with van der Waals surface area (Å²) in [6, 6.07) is 4.07. The second-order valence-electron chi connectivity index (χ2n) is 19.7. The number of aromatic nitrogens is 1. The monoisotopic (exact) mass is 703 g/mol. The van der Waals surface area contributed by atoms with Gasteiger partial charge < -0.3 is 20.9 Å². The van der Waals surface area contributed by atoms with Crippen molar-refractivity contribution < 1.29 is 24.2 Å². The van der Waals surface area contributed by atoms with Crippen molar-refractivity contribution in [3.05, 3.63) is 41.2 Å². The van der Waals surface area contributed by atoms with Gasteiger partial charge in [0.1, 0.15) is 6.10 Å². The van der Waals surface area contributed by atoms with Crippen molar-refractivity contribution in [1.82, 2.24) is 10.3 Å². The lowest BCUT2D eigenvalue weighted by Gasteiger charge is -2.74. The van der Waals surface area contributed by atoms with Gasteiger partial charge in [0.15, 0.2) is 5.78 Å². The van der Waals surface area contributed by atoms with Crippen molar-refractivity contribution in [2.24, 2.45) is 56.0 Å². The predicted octanol–water partition coefficient (Wildman–Crippen LogP) is 8.04. The van der Waals surface area contributed by atoms with Crippen molar-refractivity contribution in [3.63, 3.8) is 0 Å². The maximum Gasteiger partial charge on any atom is 0.309 e. The molecule has 1 unspecified atom stereocenters. The molecule has 8 atom stereocenters. The average molecular weight is 704 g/mol. The number of ketones is 1. The molecule has 5 aliphatic rings. The van der Waals surface area contributed by atoms with Crippen molar-refractivity contribution in [2.45, 2.75) is 151 Å². The molecular formula is C43H65N3O5. The molecule has 1 aromatic rings. The third-order valence-corrected chi connectivity index (χ3v) is 16.1. The summed E-state index contributed by atoms with van der Waals surface area (Å²) in [6.45, 7) is 21.2. The fourth-order valence-electron chi connectivity index (χ4n) is 13.1. The molecule has 8 nitrogen and oxygen atoms in total. The number of pyridine rings is 1. The van der Waals surface area contributed by atoms with Crippen LogP contribution in [0.4, 0.5) is 0 Å². The van der Waals surface area contributed by atoms with E-state index in [1.807, 2.05) is 12.3 Å². The Morgan fingerprint density at radius 2 is 1.75 bits per heavy atom. The van der Waals surface area contributed by atoms with Gasteiger partial charge in [0.25, 0.3) is 0 Å². The number of Topliss-reactive ketones (excluding diaryl/α,β-unsaturated/α-hetero) is 1. The Bertz CT molecular complexity index is 1580. The van der Waals surface area contributed by atoms with Gasteiger partial charge in [-0.15, -0.1) is 0 Å². The van der Waals surface area contributed by atoms with Gasteiger partial charge in [-0.1, -0.05) is 54.5 Å². The number of carboxylic acid groups (broad SMARTS) is 1. The summed E-state index contributed by atoms with van der Waals surface area (Å²) >= 11 is 0. The van der Waals surface area contributed by atoms with Gasteiger partial charge in [-0.2, -0.15) is 0 Å². The Balaban J connectivity index is 1.27. The van der Waals surface area contributed by atoms with E-state index in [2.05, 4.69) is 64.8 Å². The number of nitrogens with zero attached hydrogens (tertiary/aromatic N) is 1. The number of ether oxygens (including phenoxy) is 1. The molecule has 0 bridgehead atoms. The second-order valence-corrected chi connectivity index (χ2v) is 19.7. The molecule has 0 spiro atoms. The molecule has 282 valence electrons. The van der Waals surface area contributed by atoms with Crippen LogP contribution in [0.25, 0.3) is 0 Å². The van der Waals surface area contributed by atoms with E-state index in [1.165, 1.54) is 5.57 Å². The van der Waals surface area contributed by atoms with Crippen LogP contribution in [0.15, 0.2) is 35.7 Å². The largest absolute Gasteiger partial charge is 0.481 e. The number of aliphatic carboxylic acids is 1. The zero-order valence-electron chi connectivity index (χ0n) is 32.9. The lowest BCUT2D eigenvalue weighted by molar-refractivity contribution is -0.237. The average Bonchev–Trinajstić information content (AvgIpc) is 3.35. The van der Waals surface area contributed by atoms with Crippen molar-refractivity contribution in [1.29, 1.82) is 0 Å². The van der Waals surface area contributed by atoms with E-state index in [1.54, 1.807) is 20.0 Å². The SMILES string of the molecule is CC(C)C1=C2C(CCNCc3cccnc3)(CC[C@]3(C)[C@]2(N)CC[C@@H]2[C@@]4(C)CC[C@H](OC(=O)CC(C)(C)C(=O)O)C(C)(C)[C@@H]4CC[C@]23C)CC1=O. The fourth-order valence-corrected chi connectivity index (χ4v) is 13.1. The third kappa shape index (κ3) is 5.75. The molecular weight excluding hydrogens is 638 g/mol. The van der Waals surface area contributed by atoms with E-state index in [-0.39, 0.29) is 45.5 Å². The highest BCUT2D eigenvalue weighted by molar-refractivity contribution is 6.01. The number of rotatable bonds is 10. The van der Waals surface area contributed by atoms with Crippen molar-refractivity contribution >= 4 is 17.7 Å². The molecule has 4 N–H and O–H groups in total. The molecule has 4 fully saturated rings. The number of hydrogen-bond donors (Lipinski definition) is 3. The van der Waals surface area contributed by atoms with Crippen LogP contribution in [0, 0.1) is 50.2 Å². The number of carbonyl (C=O) groups excluding carboxylic acids is 2. The topological polar surface area (TPSA) is 132 Å². The van der Waals surface area contributed by atoms with Crippen LogP contribution in [-0.2, 0) is 25.7 Å². The van der Waals surface area contributed by atoms with E-state index in [9.17, 15) is 19.5 Å². The minimum Gasteiger partial charge on any atom is -0.481 e. The molecule has 0 saturated heterocycles. The summed E-state index contributed by atoms with van der Waals surface area (Å²) in [7, 11) is 0. The van der Waals surface area contributed by atoms with Crippen LogP contribution in [0.5, 0.6) is 0 Å². The van der Waals surface area contributed by atoms with Crippen molar-refractivity contribution in [2.75, 3.05) is 6.54 Å².